The fourth-order valence-electron chi connectivity index (χ4n) is 3.29. The van der Waals surface area contributed by atoms with Crippen molar-refractivity contribution >= 4 is 5.91 Å². The number of piperazine rings is 1. The van der Waals surface area contributed by atoms with Gasteiger partial charge in [-0.15, -0.1) is 0 Å². The first kappa shape index (κ1) is 17.6. The van der Waals surface area contributed by atoms with E-state index in [2.05, 4.69) is 21.1 Å². The Morgan fingerprint density at radius 1 is 1.16 bits per heavy atom. The summed E-state index contributed by atoms with van der Waals surface area (Å²) in [5.41, 5.74) is 3.09. The Balaban J connectivity index is 1.40. The molecule has 0 spiro atoms. The highest BCUT2D eigenvalue weighted by atomic mass is 16.5. The van der Waals surface area contributed by atoms with Gasteiger partial charge in [0.2, 0.25) is 5.91 Å². The van der Waals surface area contributed by atoms with Gasteiger partial charge in [-0.3, -0.25) is 14.7 Å². The van der Waals surface area contributed by atoms with Crippen LogP contribution in [0.1, 0.15) is 29.1 Å². The first-order chi connectivity index (χ1) is 12.1. The quantitative estimate of drug-likeness (QED) is 0.803. The normalized spacial score (nSPS) is 15.5. The summed E-state index contributed by atoms with van der Waals surface area (Å²) in [5, 5.41) is 3.95. The highest BCUT2D eigenvalue weighted by Gasteiger charge is 2.21. The minimum absolute atomic E-state index is 0.226. The van der Waals surface area contributed by atoms with Gasteiger partial charge >= 0.3 is 0 Å². The molecule has 3 rings (SSSR count). The van der Waals surface area contributed by atoms with Gasteiger partial charge in [-0.05, 0) is 32.4 Å². The predicted octanol–water partition coefficient (Wildman–Crippen LogP) is 2.01. The van der Waals surface area contributed by atoms with Crippen LogP contribution in [0, 0.1) is 13.8 Å². The Bertz CT molecular complexity index is 671. The largest absolute Gasteiger partial charge is 0.361 e. The van der Waals surface area contributed by atoms with Gasteiger partial charge in [0, 0.05) is 63.0 Å². The van der Waals surface area contributed by atoms with Crippen LogP contribution in [0.3, 0.4) is 0 Å². The summed E-state index contributed by atoms with van der Waals surface area (Å²) in [7, 11) is 0. The number of aromatic nitrogens is 2. The van der Waals surface area contributed by atoms with Crippen LogP contribution in [0.5, 0.6) is 0 Å². The fraction of sp³-hybridized carbons (Fsp3) is 0.526. The third-order valence-corrected chi connectivity index (χ3v) is 4.91. The van der Waals surface area contributed by atoms with Crippen molar-refractivity contribution in [2.24, 2.45) is 0 Å². The van der Waals surface area contributed by atoms with E-state index in [0.29, 0.717) is 12.8 Å². The van der Waals surface area contributed by atoms with E-state index < -0.39 is 0 Å². The van der Waals surface area contributed by atoms with E-state index in [1.807, 2.05) is 37.1 Å². The molecule has 0 atom stereocenters. The van der Waals surface area contributed by atoms with Gasteiger partial charge < -0.3 is 9.42 Å². The van der Waals surface area contributed by atoms with Crippen LogP contribution in [0.15, 0.2) is 28.9 Å². The molecule has 25 heavy (non-hydrogen) atoms. The van der Waals surface area contributed by atoms with Crippen LogP contribution in [-0.4, -0.2) is 58.6 Å². The van der Waals surface area contributed by atoms with E-state index in [0.717, 1.165) is 61.9 Å². The van der Waals surface area contributed by atoms with Crippen molar-refractivity contribution < 1.29 is 9.32 Å². The van der Waals surface area contributed by atoms with Gasteiger partial charge in [0.1, 0.15) is 5.76 Å². The van der Waals surface area contributed by atoms with Crippen molar-refractivity contribution in [2.75, 3.05) is 32.7 Å². The Morgan fingerprint density at radius 3 is 2.60 bits per heavy atom. The Kier molecular flexibility index (Phi) is 5.81. The van der Waals surface area contributed by atoms with E-state index in [4.69, 9.17) is 4.52 Å². The molecule has 134 valence electrons. The van der Waals surface area contributed by atoms with E-state index in [-0.39, 0.29) is 5.91 Å². The minimum Gasteiger partial charge on any atom is -0.361 e. The highest BCUT2D eigenvalue weighted by Crippen LogP contribution is 2.15. The van der Waals surface area contributed by atoms with Crippen LogP contribution in [0.4, 0.5) is 0 Å². The molecule has 1 fully saturated rings. The topological polar surface area (TPSA) is 62.5 Å². The molecule has 6 nitrogen and oxygen atoms in total. The molecule has 1 aliphatic rings. The molecular formula is C19H26N4O2. The van der Waals surface area contributed by atoms with E-state index in [1.54, 1.807) is 0 Å². The first-order valence-electron chi connectivity index (χ1n) is 8.95. The van der Waals surface area contributed by atoms with Gasteiger partial charge in [-0.2, -0.15) is 0 Å². The Hall–Kier alpha value is -2.21. The summed E-state index contributed by atoms with van der Waals surface area (Å²) < 4.78 is 5.16. The van der Waals surface area contributed by atoms with Crippen LogP contribution < -0.4 is 0 Å². The van der Waals surface area contributed by atoms with Crippen LogP contribution >= 0.6 is 0 Å². The lowest BCUT2D eigenvalue weighted by atomic mass is 10.1. The van der Waals surface area contributed by atoms with Crippen molar-refractivity contribution in [3.8, 4) is 0 Å². The number of aryl methyl sites for hydroxylation is 2. The van der Waals surface area contributed by atoms with E-state index in [9.17, 15) is 4.79 Å². The van der Waals surface area contributed by atoms with Gasteiger partial charge in [0.25, 0.3) is 0 Å². The molecule has 0 radical (unpaired) electrons. The fourth-order valence-corrected chi connectivity index (χ4v) is 3.29. The zero-order chi connectivity index (χ0) is 17.6. The molecule has 0 saturated carbocycles. The molecule has 3 heterocycles. The predicted molar refractivity (Wildman–Crippen MR) is 95.3 cm³/mol. The average Bonchev–Trinajstić information content (AvgIpc) is 2.97. The SMILES string of the molecule is Cc1noc(C)c1CCC(=O)N1CCN(CCc2ccccn2)CC1. The van der Waals surface area contributed by atoms with Crippen molar-refractivity contribution in [3.63, 3.8) is 0 Å². The third-order valence-electron chi connectivity index (χ3n) is 4.91. The second kappa shape index (κ2) is 8.25. The summed E-state index contributed by atoms with van der Waals surface area (Å²) in [5.74, 6) is 1.05. The van der Waals surface area contributed by atoms with Crippen LogP contribution in [0.25, 0.3) is 0 Å². The number of hydrogen-bond acceptors (Lipinski definition) is 5. The molecule has 0 N–H and O–H groups in total. The van der Waals surface area contributed by atoms with Crippen LogP contribution in [0.2, 0.25) is 0 Å². The molecular weight excluding hydrogens is 316 g/mol. The molecule has 1 amide bonds. The summed E-state index contributed by atoms with van der Waals surface area (Å²) in [6.07, 6.45) is 4.03. The van der Waals surface area contributed by atoms with Gasteiger partial charge in [0.05, 0.1) is 5.69 Å². The number of rotatable bonds is 6. The molecule has 2 aromatic heterocycles. The van der Waals surface area contributed by atoms with Crippen molar-refractivity contribution in [2.45, 2.75) is 33.1 Å². The molecule has 0 aromatic carbocycles. The Morgan fingerprint density at radius 2 is 1.96 bits per heavy atom. The average molecular weight is 342 g/mol. The number of carbonyl (C=O) groups excluding carboxylic acids is 1. The standard InChI is InChI=1S/C19H26N4O2/c1-15-18(16(2)25-21-15)6-7-19(24)23-13-11-22(12-14-23)10-8-17-5-3-4-9-20-17/h3-5,9H,6-8,10-14H2,1-2H3. The second-order valence-electron chi connectivity index (χ2n) is 6.60. The lowest BCUT2D eigenvalue weighted by Gasteiger charge is -2.34. The van der Waals surface area contributed by atoms with Gasteiger partial charge in [-0.1, -0.05) is 11.2 Å². The van der Waals surface area contributed by atoms with Crippen molar-refractivity contribution in [1.29, 1.82) is 0 Å². The third kappa shape index (κ3) is 4.66. The summed E-state index contributed by atoms with van der Waals surface area (Å²) in [6, 6.07) is 6.03. The molecule has 0 unspecified atom stereocenters. The van der Waals surface area contributed by atoms with Gasteiger partial charge in [0.15, 0.2) is 0 Å². The second-order valence-corrected chi connectivity index (χ2v) is 6.60. The molecule has 2 aromatic rings. The molecule has 0 bridgehead atoms. The highest BCUT2D eigenvalue weighted by molar-refractivity contribution is 5.76. The lowest BCUT2D eigenvalue weighted by Crippen LogP contribution is -2.49. The monoisotopic (exact) mass is 342 g/mol. The maximum atomic E-state index is 12.4. The lowest BCUT2D eigenvalue weighted by molar-refractivity contribution is -0.132. The summed E-state index contributed by atoms with van der Waals surface area (Å²) in [4.78, 5) is 21.2. The molecule has 1 aliphatic heterocycles. The minimum atomic E-state index is 0.226. The smallest absolute Gasteiger partial charge is 0.222 e. The summed E-state index contributed by atoms with van der Waals surface area (Å²) >= 11 is 0. The number of pyridine rings is 1. The zero-order valence-corrected chi connectivity index (χ0v) is 15.1. The van der Waals surface area contributed by atoms with E-state index >= 15 is 0 Å². The number of nitrogens with zero attached hydrogens (tertiary/aromatic N) is 4. The van der Waals surface area contributed by atoms with Crippen molar-refractivity contribution in [1.82, 2.24) is 19.9 Å². The molecule has 1 saturated heterocycles. The molecule has 0 aliphatic carbocycles. The van der Waals surface area contributed by atoms with Crippen molar-refractivity contribution in [3.05, 3.63) is 47.1 Å². The van der Waals surface area contributed by atoms with E-state index in [1.165, 1.54) is 0 Å². The van der Waals surface area contributed by atoms with Gasteiger partial charge in [-0.25, -0.2) is 0 Å². The zero-order valence-electron chi connectivity index (χ0n) is 15.1. The molecule has 6 heteroatoms. The first-order valence-corrected chi connectivity index (χ1v) is 8.95. The Labute approximate surface area is 148 Å². The maximum Gasteiger partial charge on any atom is 0.222 e. The van der Waals surface area contributed by atoms with Crippen LogP contribution in [-0.2, 0) is 17.6 Å². The number of amides is 1. The number of carbonyl (C=O) groups is 1. The summed E-state index contributed by atoms with van der Waals surface area (Å²) in [6.45, 7) is 8.31. The maximum absolute atomic E-state index is 12.4. The number of hydrogen-bond donors (Lipinski definition) is 0.